The van der Waals surface area contributed by atoms with Crippen LogP contribution in [0, 0.1) is 5.41 Å². The molecule has 4 rings (SSSR count). The molecule has 0 aromatic heterocycles. The third-order valence-electron chi connectivity index (χ3n) is 6.51. The standard InChI is InChI=1S/C29H33NO4/c1-5-20-11-13-21(14-12-20)26-25(28(32)34-16-15-33-22-9-7-6-8-10-22)19(2)30-23-17-29(3,4)18-24(31)27(23)26/h6-14,26,30H,5,15-18H2,1-4H3. The van der Waals surface area contributed by atoms with Crippen molar-refractivity contribution in [1.29, 1.82) is 0 Å². The molecule has 0 saturated heterocycles. The predicted octanol–water partition coefficient (Wildman–Crippen LogP) is 5.48. The van der Waals surface area contributed by atoms with Gasteiger partial charge in [-0.2, -0.15) is 0 Å². The highest BCUT2D eigenvalue weighted by Crippen LogP contribution is 2.46. The first-order chi connectivity index (χ1) is 16.3. The highest BCUT2D eigenvalue weighted by molar-refractivity contribution is 6.04. The van der Waals surface area contributed by atoms with Gasteiger partial charge in [-0.15, -0.1) is 0 Å². The second-order valence-electron chi connectivity index (χ2n) is 9.82. The molecule has 2 aromatic carbocycles. The average molecular weight is 460 g/mol. The molecular formula is C29H33NO4. The number of dihydropyridines is 1. The van der Waals surface area contributed by atoms with Gasteiger partial charge in [-0.1, -0.05) is 63.2 Å². The molecule has 5 nitrogen and oxygen atoms in total. The van der Waals surface area contributed by atoms with Crippen LogP contribution in [0.15, 0.2) is 77.1 Å². The number of carbonyl (C=O) groups excluding carboxylic acids is 2. The molecule has 1 unspecified atom stereocenters. The second kappa shape index (κ2) is 9.88. The summed E-state index contributed by atoms with van der Waals surface area (Å²) in [7, 11) is 0. The molecule has 34 heavy (non-hydrogen) atoms. The van der Waals surface area contributed by atoms with Gasteiger partial charge in [0, 0.05) is 29.3 Å². The SMILES string of the molecule is CCc1ccc(C2C(C(=O)OCCOc3ccccc3)=C(C)NC3=C2C(=O)CC(C)(C)C3)cc1. The second-order valence-corrected chi connectivity index (χ2v) is 9.82. The fourth-order valence-electron chi connectivity index (χ4n) is 4.87. The molecule has 0 spiro atoms. The summed E-state index contributed by atoms with van der Waals surface area (Å²) in [6.45, 7) is 8.59. The Balaban J connectivity index is 1.60. The summed E-state index contributed by atoms with van der Waals surface area (Å²) in [6.07, 6.45) is 2.16. The lowest BCUT2D eigenvalue weighted by atomic mass is 9.68. The first kappa shape index (κ1) is 23.8. The number of aryl methyl sites for hydroxylation is 1. The van der Waals surface area contributed by atoms with Gasteiger partial charge in [0.2, 0.25) is 0 Å². The van der Waals surface area contributed by atoms with E-state index in [4.69, 9.17) is 9.47 Å². The number of rotatable bonds is 7. The Bertz CT molecular complexity index is 1130. The van der Waals surface area contributed by atoms with E-state index >= 15 is 0 Å². The van der Waals surface area contributed by atoms with E-state index in [1.165, 1.54) is 5.56 Å². The number of carbonyl (C=O) groups is 2. The fourth-order valence-corrected chi connectivity index (χ4v) is 4.87. The zero-order chi connectivity index (χ0) is 24.3. The summed E-state index contributed by atoms with van der Waals surface area (Å²) in [6, 6.07) is 17.6. The molecule has 1 N–H and O–H groups in total. The van der Waals surface area contributed by atoms with E-state index in [1.54, 1.807) is 0 Å². The molecule has 2 aromatic rings. The summed E-state index contributed by atoms with van der Waals surface area (Å²) < 4.78 is 11.3. The van der Waals surface area contributed by atoms with Crippen LogP contribution in [0.4, 0.5) is 0 Å². The molecule has 2 aliphatic rings. The Hall–Kier alpha value is -3.34. The molecule has 178 valence electrons. The van der Waals surface area contributed by atoms with Gasteiger partial charge in [-0.3, -0.25) is 4.79 Å². The number of para-hydroxylation sites is 1. The lowest BCUT2D eigenvalue weighted by molar-refractivity contribution is -0.140. The molecule has 0 radical (unpaired) electrons. The maximum atomic E-state index is 13.4. The minimum absolute atomic E-state index is 0.0912. The molecule has 1 atom stereocenters. The Morgan fingerprint density at radius 2 is 1.74 bits per heavy atom. The van der Waals surface area contributed by atoms with E-state index in [0.717, 1.165) is 35.5 Å². The predicted molar refractivity (Wildman–Crippen MR) is 132 cm³/mol. The zero-order valence-electron chi connectivity index (χ0n) is 20.4. The van der Waals surface area contributed by atoms with Crippen LogP contribution in [0.25, 0.3) is 0 Å². The topological polar surface area (TPSA) is 64.6 Å². The number of Topliss-reactive ketones (excluding diaryl/α,β-unsaturated/α-hetero) is 1. The normalized spacial score (nSPS) is 19.4. The van der Waals surface area contributed by atoms with Gasteiger partial charge in [-0.25, -0.2) is 4.79 Å². The smallest absolute Gasteiger partial charge is 0.336 e. The van der Waals surface area contributed by atoms with E-state index in [0.29, 0.717) is 17.6 Å². The van der Waals surface area contributed by atoms with Crippen molar-refractivity contribution in [1.82, 2.24) is 5.32 Å². The van der Waals surface area contributed by atoms with E-state index in [2.05, 4.69) is 38.2 Å². The van der Waals surface area contributed by atoms with E-state index in [-0.39, 0.29) is 24.4 Å². The highest BCUT2D eigenvalue weighted by atomic mass is 16.6. The number of ketones is 1. The Morgan fingerprint density at radius 3 is 2.41 bits per heavy atom. The number of ether oxygens (including phenoxy) is 2. The summed E-state index contributed by atoms with van der Waals surface area (Å²) in [4.78, 5) is 26.7. The number of hydrogen-bond donors (Lipinski definition) is 1. The Morgan fingerprint density at radius 1 is 1.03 bits per heavy atom. The lowest BCUT2D eigenvalue weighted by Crippen LogP contribution is -2.38. The monoisotopic (exact) mass is 459 g/mol. The van der Waals surface area contributed by atoms with Crippen molar-refractivity contribution in [3.05, 3.63) is 88.3 Å². The van der Waals surface area contributed by atoms with Gasteiger partial charge in [0.1, 0.15) is 19.0 Å². The van der Waals surface area contributed by atoms with E-state index in [9.17, 15) is 9.59 Å². The van der Waals surface area contributed by atoms with Crippen LogP contribution in [0.2, 0.25) is 0 Å². The highest BCUT2D eigenvalue weighted by Gasteiger charge is 2.43. The summed E-state index contributed by atoms with van der Waals surface area (Å²) in [5.74, 6) is -0.0374. The van der Waals surface area contributed by atoms with Crippen LogP contribution in [0.5, 0.6) is 5.75 Å². The largest absolute Gasteiger partial charge is 0.490 e. The lowest BCUT2D eigenvalue weighted by Gasteiger charge is -2.39. The summed E-state index contributed by atoms with van der Waals surface area (Å²) in [5.41, 5.74) is 4.89. The van der Waals surface area contributed by atoms with Crippen molar-refractivity contribution in [2.45, 2.75) is 52.9 Å². The van der Waals surface area contributed by atoms with Gasteiger partial charge in [0.15, 0.2) is 5.78 Å². The molecule has 1 heterocycles. The van der Waals surface area contributed by atoms with E-state index in [1.807, 2.05) is 49.4 Å². The molecule has 0 amide bonds. The van der Waals surface area contributed by atoms with Crippen molar-refractivity contribution in [2.24, 2.45) is 5.41 Å². The summed E-state index contributed by atoms with van der Waals surface area (Å²) in [5, 5.41) is 3.38. The number of allylic oxidation sites excluding steroid dienone is 3. The summed E-state index contributed by atoms with van der Waals surface area (Å²) >= 11 is 0. The average Bonchev–Trinajstić information content (AvgIpc) is 2.80. The van der Waals surface area contributed by atoms with Crippen molar-refractivity contribution in [3.63, 3.8) is 0 Å². The van der Waals surface area contributed by atoms with Gasteiger partial charge < -0.3 is 14.8 Å². The number of benzene rings is 2. The third kappa shape index (κ3) is 5.09. The molecule has 0 bridgehead atoms. The molecule has 5 heteroatoms. The van der Waals surface area contributed by atoms with Crippen molar-refractivity contribution >= 4 is 11.8 Å². The molecule has 1 aliphatic carbocycles. The van der Waals surface area contributed by atoms with Crippen molar-refractivity contribution in [2.75, 3.05) is 13.2 Å². The fraction of sp³-hybridized carbons (Fsp3) is 0.379. The van der Waals surface area contributed by atoms with Crippen molar-refractivity contribution in [3.8, 4) is 5.75 Å². The first-order valence-electron chi connectivity index (χ1n) is 12.0. The minimum Gasteiger partial charge on any atom is -0.490 e. The van der Waals surface area contributed by atoms with Crippen LogP contribution in [0.3, 0.4) is 0 Å². The number of hydrogen-bond acceptors (Lipinski definition) is 5. The van der Waals surface area contributed by atoms with Crippen LogP contribution in [-0.2, 0) is 20.7 Å². The molecule has 0 fully saturated rings. The Labute approximate surface area is 201 Å². The third-order valence-corrected chi connectivity index (χ3v) is 6.51. The van der Waals surface area contributed by atoms with Gasteiger partial charge in [0.25, 0.3) is 0 Å². The Kier molecular flexibility index (Phi) is 6.92. The quantitative estimate of drug-likeness (QED) is 0.439. The van der Waals surface area contributed by atoms with Gasteiger partial charge in [0.05, 0.1) is 5.57 Å². The molecule has 1 aliphatic heterocycles. The first-order valence-corrected chi connectivity index (χ1v) is 12.0. The number of nitrogens with one attached hydrogen (secondary N) is 1. The van der Waals surface area contributed by atoms with Crippen molar-refractivity contribution < 1.29 is 19.1 Å². The van der Waals surface area contributed by atoms with E-state index < -0.39 is 11.9 Å². The van der Waals surface area contributed by atoms with Crippen LogP contribution in [-0.4, -0.2) is 25.0 Å². The molecule has 0 saturated carbocycles. The van der Waals surface area contributed by atoms with Crippen LogP contribution >= 0.6 is 0 Å². The number of esters is 1. The van der Waals surface area contributed by atoms with Gasteiger partial charge >= 0.3 is 5.97 Å². The molecular weight excluding hydrogens is 426 g/mol. The van der Waals surface area contributed by atoms with Crippen LogP contribution in [0.1, 0.15) is 57.6 Å². The van der Waals surface area contributed by atoms with Gasteiger partial charge in [-0.05, 0) is 48.4 Å². The minimum atomic E-state index is -0.437. The maximum Gasteiger partial charge on any atom is 0.336 e. The van der Waals surface area contributed by atoms with Crippen LogP contribution < -0.4 is 10.1 Å². The maximum absolute atomic E-state index is 13.4. The zero-order valence-corrected chi connectivity index (χ0v) is 20.4.